The summed E-state index contributed by atoms with van der Waals surface area (Å²) in [6.07, 6.45) is 74.2. The van der Waals surface area contributed by atoms with Crippen molar-refractivity contribution in [3.8, 4) is 0 Å². The largest absolute Gasteiger partial charge is 0.477 e. The Kier molecular flexibility index (Phi) is 56.4. The molecule has 0 aromatic heterocycles. The second-order valence-corrected chi connectivity index (χ2v) is 22.7. The molecule has 0 saturated carbocycles. The molecule has 0 aromatic rings. The minimum Gasteiger partial charge on any atom is -0.477 e. The average molecular weight is 1080 g/mol. The zero-order valence-electron chi connectivity index (χ0n) is 50.9. The third-order valence-corrected chi connectivity index (χ3v) is 13.9. The van der Waals surface area contributed by atoms with Crippen molar-refractivity contribution in [3.63, 3.8) is 0 Å². The van der Waals surface area contributed by atoms with Gasteiger partial charge in [-0.2, -0.15) is 0 Å². The molecule has 0 heterocycles. The fraction of sp³-hybridized carbons (Fsp3) is 0.779. The van der Waals surface area contributed by atoms with Gasteiger partial charge in [-0.1, -0.05) is 260 Å². The topological polar surface area (TPSA) is 108 Å². The van der Waals surface area contributed by atoms with Crippen LogP contribution in [0.15, 0.2) is 72.9 Å². The molecule has 0 aliphatic heterocycles. The first-order valence-corrected chi connectivity index (χ1v) is 32.1. The van der Waals surface area contributed by atoms with Gasteiger partial charge < -0.3 is 28.5 Å². The number of unbranched alkanes of at least 4 members (excludes halogenated alkanes) is 32. The van der Waals surface area contributed by atoms with Gasteiger partial charge in [-0.25, -0.2) is 4.79 Å². The Morgan fingerprint density at radius 3 is 1.10 bits per heavy atom. The maximum absolute atomic E-state index is 12.9. The fourth-order valence-corrected chi connectivity index (χ4v) is 9.04. The molecule has 9 heteroatoms. The zero-order chi connectivity index (χ0) is 56.2. The summed E-state index contributed by atoms with van der Waals surface area (Å²) < 4.78 is 22.9. The van der Waals surface area contributed by atoms with E-state index in [4.69, 9.17) is 18.9 Å². The Hall–Kier alpha value is -3.27. The molecule has 1 N–H and O–H groups in total. The van der Waals surface area contributed by atoms with Crippen LogP contribution in [0.1, 0.15) is 284 Å². The summed E-state index contributed by atoms with van der Waals surface area (Å²) in [6, 6.07) is 0. The molecule has 0 spiro atoms. The summed E-state index contributed by atoms with van der Waals surface area (Å²) in [6.45, 7) is 4.78. The number of carboxylic acid groups (broad SMARTS) is 1. The zero-order valence-corrected chi connectivity index (χ0v) is 50.9. The van der Waals surface area contributed by atoms with Crippen molar-refractivity contribution in [1.29, 1.82) is 0 Å². The lowest BCUT2D eigenvalue weighted by Crippen LogP contribution is -2.40. The number of ether oxygens (including phenoxy) is 4. The van der Waals surface area contributed by atoms with E-state index in [9.17, 15) is 19.5 Å². The van der Waals surface area contributed by atoms with Gasteiger partial charge in [-0.3, -0.25) is 9.59 Å². The number of nitrogens with zero attached hydrogens (tertiary/aromatic N) is 1. The number of likely N-dealkylation sites (N-methyl/N-ethyl adjacent to an activating group) is 1. The maximum Gasteiger partial charge on any atom is 0.361 e. The van der Waals surface area contributed by atoms with Crippen LogP contribution in [0.5, 0.6) is 0 Å². The summed E-state index contributed by atoms with van der Waals surface area (Å²) in [5, 5.41) is 9.73. The Labute approximate surface area is 475 Å². The number of allylic oxidation sites excluding steroid dienone is 12. The van der Waals surface area contributed by atoms with Gasteiger partial charge in [-0.15, -0.1) is 0 Å². The number of quaternary nitrogens is 1. The molecule has 0 saturated heterocycles. The number of hydrogen-bond acceptors (Lipinski definition) is 7. The second-order valence-electron chi connectivity index (χ2n) is 22.7. The average Bonchev–Trinajstić information content (AvgIpc) is 3.40. The molecule has 0 aliphatic carbocycles. The molecule has 77 heavy (non-hydrogen) atoms. The molecule has 0 fully saturated rings. The van der Waals surface area contributed by atoms with Crippen LogP contribution in [0.4, 0.5) is 0 Å². The number of carbonyl (C=O) groups is 3. The van der Waals surface area contributed by atoms with Crippen LogP contribution in [0, 0.1) is 0 Å². The predicted octanol–water partition coefficient (Wildman–Crippen LogP) is 19.4. The summed E-state index contributed by atoms with van der Waals surface area (Å²) in [4.78, 5) is 37.5. The van der Waals surface area contributed by atoms with Gasteiger partial charge in [-0.05, 0) is 83.5 Å². The van der Waals surface area contributed by atoms with Crippen LogP contribution in [0.2, 0.25) is 0 Å². The first kappa shape index (κ1) is 73.7. The number of hydrogen-bond donors (Lipinski definition) is 1. The third-order valence-electron chi connectivity index (χ3n) is 13.9. The quantitative estimate of drug-likeness (QED) is 0.0211. The van der Waals surface area contributed by atoms with Crippen molar-refractivity contribution in [1.82, 2.24) is 0 Å². The SMILES string of the molecule is CC/C=C\C/C=C\C/C=C\C/C=C\CCCCCCCCCCCCC(=O)OC(COC(=O)CCCCCCCCCCCCCCCCCCC/C=C\C/C=C\CCCCCCC)COC(OCC[N+](C)(C)C)C(=O)O. The number of carboxylic acids is 1. The van der Waals surface area contributed by atoms with E-state index in [0.717, 1.165) is 77.0 Å². The molecule has 0 aromatic carbocycles. The second kappa shape index (κ2) is 58.9. The molecule has 0 rings (SSSR count). The van der Waals surface area contributed by atoms with Crippen molar-refractivity contribution < 1.29 is 42.9 Å². The van der Waals surface area contributed by atoms with E-state index in [1.165, 1.54) is 173 Å². The summed E-state index contributed by atoms with van der Waals surface area (Å²) >= 11 is 0. The minimum absolute atomic E-state index is 0.184. The van der Waals surface area contributed by atoms with E-state index in [1.807, 2.05) is 21.1 Å². The first-order valence-electron chi connectivity index (χ1n) is 32.1. The van der Waals surface area contributed by atoms with Gasteiger partial charge in [0.05, 0.1) is 34.4 Å². The van der Waals surface area contributed by atoms with Crippen molar-refractivity contribution in [2.75, 3.05) is 47.5 Å². The van der Waals surface area contributed by atoms with Crippen molar-refractivity contribution in [2.45, 2.75) is 296 Å². The summed E-state index contributed by atoms with van der Waals surface area (Å²) in [5.41, 5.74) is 0. The molecular weight excluding hydrogens is 959 g/mol. The molecule has 0 bridgehead atoms. The highest BCUT2D eigenvalue weighted by Gasteiger charge is 2.25. The van der Waals surface area contributed by atoms with Crippen LogP contribution in [0.25, 0.3) is 0 Å². The monoisotopic (exact) mass is 1080 g/mol. The fourth-order valence-electron chi connectivity index (χ4n) is 9.04. The van der Waals surface area contributed by atoms with Crippen LogP contribution < -0.4 is 0 Å². The van der Waals surface area contributed by atoms with E-state index in [-0.39, 0.29) is 32.2 Å². The Morgan fingerprint density at radius 1 is 0.403 bits per heavy atom. The van der Waals surface area contributed by atoms with Gasteiger partial charge in [0.1, 0.15) is 13.2 Å². The molecule has 9 nitrogen and oxygen atoms in total. The van der Waals surface area contributed by atoms with Gasteiger partial charge in [0, 0.05) is 12.8 Å². The highest BCUT2D eigenvalue weighted by molar-refractivity contribution is 5.71. The van der Waals surface area contributed by atoms with Crippen LogP contribution in [0.3, 0.4) is 0 Å². The Balaban J connectivity index is 4.15. The van der Waals surface area contributed by atoms with Crippen LogP contribution in [-0.2, 0) is 33.3 Å². The minimum atomic E-state index is -1.51. The lowest BCUT2D eigenvalue weighted by atomic mass is 10.0. The summed E-state index contributed by atoms with van der Waals surface area (Å²) in [7, 11) is 5.97. The lowest BCUT2D eigenvalue weighted by molar-refractivity contribution is -0.870. The van der Waals surface area contributed by atoms with Gasteiger partial charge in [0.25, 0.3) is 6.29 Å². The van der Waals surface area contributed by atoms with E-state index in [0.29, 0.717) is 23.9 Å². The molecular formula is C68H122NO8+. The molecule has 446 valence electrons. The van der Waals surface area contributed by atoms with Gasteiger partial charge in [0.15, 0.2) is 6.10 Å². The van der Waals surface area contributed by atoms with E-state index in [2.05, 4.69) is 86.8 Å². The number of esters is 2. The number of rotatable bonds is 59. The maximum atomic E-state index is 12.9. The van der Waals surface area contributed by atoms with Gasteiger partial charge >= 0.3 is 17.9 Å². The van der Waals surface area contributed by atoms with Crippen molar-refractivity contribution in [2.24, 2.45) is 0 Å². The van der Waals surface area contributed by atoms with Crippen molar-refractivity contribution >= 4 is 17.9 Å². The molecule has 0 amide bonds. The molecule has 2 unspecified atom stereocenters. The van der Waals surface area contributed by atoms with Crippen molar-refractivity contribution in [3.05, 3.63) is 72.9 Å². The summed E-state index contributed by atoms with van der Waals surface area (Å²) in [5.74, 6) is -2.00. The normalized spacial score (nSPS) is 13.2. The molecule has 0 radical (unpaired) electrons. The first-order chi connectivity index (χ1) is 37.6. The Morgan fingerprint density at radius 2 is 0.740 bits per heavy atom. The van der Waals surface area contributed by atoms with Gasteiger partial charge in [0.2, 0.25) is 0 Å². The van der Waals surface area contributed by atoms with E-state index < -0.39 is 24.3 Å². The number of aliphatic carboxylic acids is 1. The lowest BCUT2D eigenvalue weighted by Gasteiger charge is -2.25. The number of carbonyl (C=O) groups excluding carboxylic acids is 2. The standard InChI is InChI=1S/C68H121NO8/c1-6-8-10-12-14-16-18-20-22-24-26-28-30-31-32-33-34-35-37-38-40-42-44-46-48-50-52-54-56-58-65(70)75-62-64(63-76-68(67(72)73)74-61-60-69(3,4)5)77-66(71)59-57-55-53-51-49-47-45-43-41-39-36-29-27-25-23-21-19-17-15-13-11-9-7-2/h9,11,15,17-18,20-21,23-24,26-27,29,64,68H,6-8,10,12-14,16,19,22,25,28,30-63H2,1-5H3/p+1/b11-9-,17-15-,20-18-,23-21-,26-24-,29-27-. The van der Waals surface area contributed by atoms with E-state index in [1.54, 1.807) is 0 Å². The predicted molar refractivity (Wildman–Crippen MR) is 327 cm³/mol. The third kappa shape index (κ3) is 60.2. The highest BCUT2D eigenvalue weighted by atomic mass is 16.7. The van der Waals surface area contributed by atoms with Crippen LogP contribution in [-0.4, -0.2) is 87.4 Å². The smallest absolute Gasteiger partial charge is 0.361 e. The van der Waals surface area contributed by atoms with E-state index >= 15 is 0 Å². The highest BCUT2D eigenvalue weighted by Crippen LogP contribution is 2.17. The van der Waals surface area contributed by atoms with Crippen LogP contribution >= 0.6 is 0 Å². The Bertz CT molecular complexity index is 1490. The molecule has 2 atom stereocenters. The molecule has 0 aliphatic rings.